The Morgan fingerprint density at radius 2 is 2.04 bits per heavy atom. The fraction of sp³-hybridized carbons (Fsp3) is 0.286. The van der Waals surface area contributed by atoms with Crippen molar-refractivity contribution in [3.63, 3.8) is 0 Å². The van der Waals surface area contributed by atoms with Gasteiger partial charge in [-0.25, -0.2) is 4.79 Å². The number of allylic oxidation sites excluding steroid dienone is 2. The van der Waals surface area contributed by atoms with Crippen LogP contribution in [-0.4, -0.2) is 12.6 Å². The zero-order chi connectivity index (χ0) is 17.4. The number of hydrogen-bond acceptors (Lipinski definition) is 3. The molecule has 0 saturated carbocycles. The van der Waals surface area contributed by atoms with E-state index in [0.29, 0.717) is 24.0 Å². The minimum absolute atomic E-state index is 0.177. The summed E-state index contributed by atoms with van der Waals surface area (Å²) in [6.07, 6.45) is 5.58. The van der Waals surface area contributed by atoms with Crippen LogP contribution in [0.4, 0.5) is 5.69 Å². The number of hydrogen-bond donors (Lipinski definition) is 1. The number of benzene rings is 2. The van der Waals surface area contributed by atoms with Gasteiger partial charge in [0.15, 0.2) is 0 Å². The second-order valence-corrected chi connectivity index (χ2v) is 7.43. The van der Waals surface area contributed by atoms with Gasteiger partial charge in [0.2, 0.25) is 0 Å². The number of carbonyl (C=O) groups is 1. The van der Waals surface area contributed by atoms with Crippen molar-refractivity contribution >= 4 is 27.6 Å². The summed E-state index contributed by atoms with van der Waals surface area (Å²) in [7, 11) is 0. The third kappa shape index (κ3) is 2.89. The van der Waals surface area contributed by atoms with E-state index in [2.05, 4.69) is 63.7 Å². The van der Waals surface area contributed by atoms with Gasteiger partial charge in [-0.15, -0.1) is 0 Å². The summed E-state index contributed by atoms with van der Waals surface area (Å²) in [5.41, 5.74) is 3.98. The van der Waals surface area contributed by atoms with Gasteiger partial charge in [0, 0.05) is 10.4 Å². The molecule has 0 aromatic heterocycles. The van der Waals surface area contributed by atoms with E-state index in [1.807, 2.05) is 19.1 Å². The van der Waals surface area contributed by atoms with Crippen molar-refractivity contribution in [3.05, 3.63) is 75.8 Å². The molecule has 1 heterocycles. The average molecular weight is 398 g/mol. The van der Waals surface area contributed by atoms with Crippen molar-refractivity contribution in [1.29, 1.82) is 0 Å². The predicted octanol–water partition coefficient (Wildman–Crippen LogP) is 5.45. The first-order valence-electron chi connectivity index (χ1n) is 8.67. The number of nitrogens with one attached hydrogen (secondary N) is 1. The molecule has 128 valence electrons. The third-order valence-corrected chi connectivity index (χ3v) is 5.65. The standard InChI is InChI=1S/C21H20BrNO2/c1-2-25-21(24)18-8-4-7-17-15-5-3-6-16(15)19(23-20(17)18)13-9-11-14(22)12-10-13/h3-5,7-12,15-16,19,23H,2,6H2,1H3. The van der Waals surface area contributed by atoms with E-state index in [1.54, 1.807) is 0 Å². The highest BCUT2D eigenvalue weighted by atomic mass is 79.9. The first kappa shape index (κ1) is 16.4. The SMILES string of the molecule is CCOC(=O)c1cccc2c1NC(c1ccc(Br)cc1)C1CC=CC21. The first-order valence-corrected chi connectivity index (χ1v) is 9.47. The molecule has 0 spiro atoms. The lowest BCUT2D eigenvalue weighted by molar-refractivity contribution is 0.0527. The van der Waals surface area contributed by atoms with Crippen molar-refractivity contribution in [2.75, 3.05) is 11.9 Å². The molecule has 2 aromatic carbocycles. The Hall–Kier alpha value is -2.07. The third-order valence-electron chi connectivity index (χ3n) is 5.12. The number of fused-ring (bicyclic) bond motifs is 3. The molecule has 2 aromatic rings. The van der Waals surface area contributed by atoms with Gasteiger partial charge in [0.25, 0.3) is 0 Å². The monoisotopic (exact) mass is 397 g/mol. The number of esters is 1. The van der Waals surface area contributed by atoms with Crippen LogP contribution in [-0.2, 0) is 4.74 Å². The van der Waals surface area contributed by atoms with Crippen LogP contribution in [0.15, 0.2) is 59.1 Å². The molecular formula is C21H20BrNO2. The highest BCUT2D eigenvalue weighted by molar-refractivity contribution is 9.10. The Balaban J connectivity index is 1.79. The second-order valence-electron chi connectivity index (χ2n) is 6.52. The molecule has 0 saturated heterocycles. The lowest BCUT2D eigenvalue weighted by atomic mass is 9.76. The van der Waals surface area contributed by atoms with Crippen LogP contribution >= 0.6 is 15.9 Å². The maximum atomic E-state index is 12.4. The van der Waals surface area contributed by atoms with Crippen molar-refractivity contribution < 1.29 is 9.53 Å². The van der Waals surface area contributed by atoms with Gasteiger partial charge >= 0.3 is 5.97 Å². The van der Waals surface area contributed by atoms with Crippen molar-refractivity contribution in [2.24, 2.45) is 5.92 Å². The molecular weight excluding hydrogens is 378 g/mol. The van der Waals surface area contributed by atoms with Crippen molar-refractivity contribution in [2.45, 2.75) is 25.3 Å². The molecule has 1 aliphatic carbocycles. The van der Waals surface area contributed by atoms with Crippen LogP contribution in [0.3, 0.4) is 0 Å². The van der Waals surface area contributed by atoms with Gasteiger partial charge in [0.05, 0.1) is 23.9 Å². The number of rotatable bonds is 3. The zero-order valence-corrected chi connectivity index (χ0v) is 15.6. The summed E-state index contributed by atoms with van der Waals surface area (Å²) in [4.78, 5) is 12.4. The molecule has 3 nitrogen and oxygen atoms in total. The molecule has 1 aliphatic heterocycles. The van der Waals surface area contributed by atoms with Gasteiger partial charge in [-0.2, -0.15) is 0 Å². The van der Waals surface area contributed by atoms with E-state index < -0.39 is 0 Å². The Bertz CT molecular complexity index is 828. The summed E-state index contributed by atoms with van der Waals surface area (Å²) >= 11 is 3.51. The van der Waals surface area contributed by atoms with Crippen LogP contribution in [0.5, 0.6) is 0 Å². The first-order chi connectivity index (χ1) is 12.2. The largest absolute Gasteiger partial charge is 0.462 e. The quantitative estimate of drug-likeness (QED) is 0.552. The highest BCUT2D eigenvalue weighted by Crippen LogP contribution is 2.50. The van der Waals surface area contributed by atoms with Gasteiger partial charge in [-0.3, -0.25) is 0 Å². The molecule has 3 atom stereocenters. The normalized spacial score (nSPS) is 23.5. The molecule has 3 unspecified atom stereocenters. The maximum absolute atomic E-state index is 12.4. The molecule has 0 radical (unpaired) electrons. The van der Waals surface area contributed by atoms with E-state index in [0.717, 1.165) is 16.6 Å². The van der Waals surface area contributed by atoms with Gasteiger partial charge < -0.3 is 10.1 Å². The molecule has 0 fully saturated rings. The zero-order valence-electron chi connectivity index (χ0n) is 14.0. The molecule has 0 bridgehead atoms. The van der Waals surface area contributed by atoms with E-state index in [1.165, 1.54) is 11.1 Å². The van der Waals surface area contributed by atoms with Crippen LogP contribution in [0.1, 0.15) is 46.8 Å². The van der Waals surface area contributed by atoms with Crippen LogP contribution in [0.25, 0.3) is 0 Å². The van der Waals surface area contributed by atoms with Crippen molar-refractivity contribution in [3.8, 4) is 0 Å². The Kier molecular flexibility index (Phi) is 4.38. The van der Waals surface area contributed by atoms with E-state index in [-0.39, 0.29) is 12.0 Å². The number of ether oxygens (including phenoxy) is 1. The van der Waals surface area contributed by atoms with Gasteiger partial charge in [0.1, 0.15) is 0 Å². The summed E-state index contributed by atoms with van der Waals surface area (Å²) in [6, 6.07) is 14.5. The minimum Gasteiger partial charge on any atom is -0.462 e. The topological polar surface area (TPSA) is 38.3 Å². The smallest absolute Gasteiger partial charge is 0.340 e. The summed E-state index contributed by atoms with van der Waals surface area (Å²) in [5, 5.41) is 3.66. The molecule has 2 aliphatic rings. The minimum atomic E-state index is -0.262. The predicted molar refractivity (Wildman–Crippen MR) is 103 cm³/mol. The maximum Gasteiger partial charge on any atom is 0.340 e. The molecule has 25 heavy (non-hydrogen) atoms. The fourth-order valence-corrected chi connectivity index (χ4v) is 4.26. The van der Waals surface area contributed by atoms with Crippen molar-refractivity contribution in [1.82, 2.24) is 0 Å². The number of anilines is 1. The summed E-state index contributed by atoms with van der Waals surface area (Å²) in [5.74, 6) is 0.534. The lowest BCUT2D eigenvalue weighted by Gasteiger charge is -2.38. The fourth-order valence-electron chi connectivity index (χ4n) is 4.00. The number of halogens is 1. The second kappa shape index (κ2) is 6.68. The molecule has 0 amide bonds. The Morgan fingerprint density at radius 3 is 2.80 bits per heavy atom. The average Bonchev–Trinajstić information content (AvgIpc) is 3.11. The summed E-state index contributed by atoms with van der Waals surface area (Å²) < 4.78 is 6.33. The molecule has 4 rings (SSSR count). The Morgan fingerprint density at radius 1 is 1.24 bits per heavy atom. The van der Waals surface area contributed by atoms with Gasteiger partial charge in [-0.05, 0) is 48.6 Å². The van der Waals surface area contributed by atoms with Gasteiger partial charge in [-0.1, -0.05) is 52.3 Å². The number of carbonyl (C=O) groups excluding carboxylic acids is 1. The number of para-hydroxylation sites is 1. The summed E-state index contributed by atoms with van der Waals surface area (Å²) in [6.45, 7) is 2.21. The highest BCUT2D eigenvalue weighted by Gasteiger charge is 2.39. The van der Waals surface area contributed by atoms with E-state index >= 15 is 0 Å². The van der Waals surface area contributed by atoms with Crippen LogP contribution < -0.4 is 5.32 Å². The Labute approximate surface area is 156 Å². The lowest BCUT2D eigenvalue weighted by Crippen LogP contribution is -2.30. The van der Waals surface area contributed by atoms with E-state index in [4.69, 9.17) is 4.74 Å². The van der Waals surface area contributed by atoms with Crippen LogP contribution in [0.2, 0.25) is 0 Å². The van der Waals surface area contributed by atoms with E-state index in [9.17, 15) is 4.79 Å². The van der Waals surface area contributed by atoms with Crippen LogP contribution in [0, 0.1) is 5.92 Å². The molecule has 1 N–H and O–H groups in total. The molecule has 4 heteroatoms.